The van der Waals surface area contributed by atoms with Gasteiger partial charge in [-0.25, -0.2) is 27.2 Å². The standard InChI is InChI=1S/C27H35FN7O3S2/c1-20(21-5-7-22(28)8-6-21)35-19-29-16-23(35)17-31-10-13-33(14-11-31)40(37,38)25-18-30(2)27(39-25)34-15-12-32-9-3-4-24(32)26(34)36/h5-8,16,18-20,24H,3-4,9-15,17H2,1-2H3/q+1. The van der Waals surface area contributed by atoms with E-state index >= 15 is 0 Å². The van der Waals surface area contributed by atoms with Crippen molar-refractivity contribution in [2.24, 2.45) is 7.05 Å². The highest BCUT2D eigenvalue weighted by atomic mass is 32.2. The molecule has 0 spiro atoms. The van der Waals surface area contributed by atoms with Crippen LogP contribution >= 0.6 is 11.3 Å². The Morgan fingerprint density at radius 1 is 1.10 bits per heavy atom. The number of sulfonamides is 1. The van der Waals surface area contributed by atoms with Gasteiger partial charge in [-0.05, 0) is 55.3 Å². The molecule has 6 rings (SSSR count). The molecule has 2 atom stereocenters. The van der Waals surface area contributed by atoms with Crippen LogP contribution in [0.1, 0.15) is 37.1 Å². The van der Waals surface area contributed by atoms with Gasteiger partial charge < -0.3 is 4.57 Å². The maximum Gasteiger partial charge on any atom is 0.344 e. The molecule has 2 aromatic heterocycles. The van der Waals surface area contributed by atoms with E-state index < -0.39 is 10.0 Å². The second-order valence-electron chi connectivity index (χ2n) is 10.8. The maximum absolute atomic E-state index is 13.6. The summed E-state index contributed by atoms with van der Waals surface area (Å²) in [7, 11) is -1.86. The predicted octanol–water partition coefficient (Wildman–Crippen LogP) is 1.83. The van der Waals surface area contributed by atoms with Gasteiger partial charge in [0.25, 0.3) is 10.0 Å². The number of fused-ring (bicyclic) bond motifs is 1. The van der Waals surface area contributed by atoms with Crippen molar-refractivity contribution >= 4 is 32.4 Å². The quantitative estimate of drug-likeness (QED) is 0.392. The molecule has 3 fully saturated rings. The number of carbonyl (C=O) groups excluding carboxylic acids is 1. The number of hydrogen-bond donors (Lipinski definition) is 0. The Kier molecular flexibility index (Phi) is 7.51. The minimum Gasteiger partial charge on any atom is -0.326 e. The summed E-state index contributed by atoms with van der Waals surface area (Å²) >= 11 is 1.18. The van der Waals surface area contributed by atoms with Crippen molar-refractivity contribution in [3.8, 4) is 0 Å². The van der Waals surface area contributed by atoms with Gasteiger partial charge in [0.05, 0.1) is 25.1 Å². The van der Waals surface area contributed by atoms with Crippen molar-refractivity contribution in [3.05, 3.63) is 60.1 Å². The van der Waals surface area contributed by atoms with Gasteiger partial charge in [0.1, 0.15) is 24.6 Å². The predicted molar refractivity (Wildman–Crippen MR) is 149 cm³/mol. The van der Waals surface area contributed by atoms with E-state index in [0.29, 0.717) is 44.4 Å². The van der Waals surface area contributed by atoms with Crippen LogP contribution in [-0.2, 0) is 28.4 Å². The SMILES string of the molecule is CC(c1ccc(F)cc1)n1cncc1CN1CCN(S(=O)(=O)c2c[n+](C)c(N3CCN4CCCC4C3=O)s2)CC1. The Morgan fingerprint density at radius 3 is 2.60 bits per heavy atom. The Labute approximate surface area is 238 Å². The van der Waals surface area contributed by atoms with Gasteiger partial charge in [-0.3, -0.25) is 9.80 Å². The molecule has 40 heavy (non-hydrogen) atoms. The number of thiazole rings is 1. The molecule has 1 aromatic carbocycles. The van der Waals surface area contributed by atoms with Gasteiger partial charge in [0.2, 0.25) is 0 Å². The second-order valence-corrected chi connectivity index (χ2v) is 14.0. The molecule has 0 saturated carbocycles. The maximum atomic E-state index is 13.6. The first kappa shape index (κ1) is 27.5. The lowest BCUT2D eigenvalue weighted by molar-refractivity contribution is -0.655. The molecule has 13 heteroatoms. The number of hydrogen-bond acceptors (Lipinski definition) is 7. The van der Waals surface area contributed by atoms with E-state index in [-0.39, 0.29) is 28.0 Å². The Hall–Kier alpha value is -2.71. The van der Waals surface area contributed by atoms with E-state index in [0.717, 1.165) is 37.2 Å². The number of rotatable bonds is 7. The third-order valence-corrected chi connectivity index (χ3v) is 11.9. The fourth-order valence-corrected chi connectivity index (χ4v) is 9.07. The largest absolute Gasteiger partial charge is 0.344 e. The van der Waals surface area contributed by atoms with E-state index in [1.54, 1.807) is 38.4 Å². The van der Waals surface area contributed by atoms with E-state index in [4.69, 9.17) is 0 Å². The van der Waals surface area contributed by atoms with Crippen LogP contribution in [0, 0.1) is 5.82 Å². The molecule has 10 nitrogen and oxygen atoms in total. The van der Waals surface area contributed by atoms with Crippen molar-refractivity contribution in [3.63, 3.8) is 0 Å². The summed E-state index contributed by atoms with van der Waals surface area (Å²) in [5.41, 5.74) is 2.02. The number of nitrogens with zero attached hydrogens (tertiary/aromatic N) is 7. The van der Waals surface area contributed by atoms with E-state index in [1.807, 2.05) is 13.2 Å². The fraction of sp³-hybridized carbons (Fsp3) is 0.519. The van der Waals surface area contributed by atoms with Crippen molar-refractivity contribution in [1.82, 2.24) is 23.7 Å². The third-order valence-electron chi connectivity index (χ3n) is 8.38. The van der Waals surface area contributed by atoms with Gasteiger partial charge in [0, 0.05) is 45.5 Å². The molecule has 0 bridgehead atoms. The average molecular weight is 589 g/mol. The Balaban J connectivity index is 1.10. The Morgan fingerprint density at radius 2 is 1.85 bits per heavy atom. The number of aromatic nitrogens is 3. The van der Waals surface area contributed by atoms with Crippen molar-refractivity contribution in [2.45, 2.75) is 42.6 Å². The molecule has 5 heterocycles. The normalized spacial score (nSPS) is 22.1. The number of imidazole rings is 1. The van der Waals surface area contributed by atoms with Crippen LogP contribution in [0.25, 0.3) is 0 Å². The summed E-state index contributed by atoms with van der Waals surface area (Å²) in [5, 5.41) is 0.678. The van der Waals surface area contributed by atoms with Crippen LogP contribution in [0.15, 0.2) is 47.2 Å². The van der Waals surface area contributed by atoms with Crippen LogP contribution in [0.2, 0.25) is 0 Å². The summed E-state index contributed by atoms with van der Waals surface area (Å²) in [6.07, 6.45) is 7.16. The summed E-state index contributed by atoms with van der Waals surface area (Å²) in [5.74, 6) is -0.186. The number of aryl methyl sites for hydroxylation is 1. The molecule has 0 aliphatic carbocycles. The molecule has 0 N–H and O–H groups in total. The number of halogens is 1. The van der Waals surface area contributed by atoms with Gasteiger partial charge in [-0.15, -0.1) is 0 Å². The third kappa shape index (κ3) is 5.09. The first-order valence-electron chi connectivity index (χ1n) is 13.8. The van der Waals surface area contributed by atoms with Gasteiger partial charge in [-0.1, -0.05) is 12.1 Å². The lowest BCUT2D eigenvalue weighted by Gasteiger charge is -2.33. The number of amides is 1. The van der Waals surface area contributed by atoms with E-state index in [2.05, 4.69) is 26.3 Å². The first-order valence-corrected chi connectivity index (χ1v) is 16.0. The zero-order chi connectivity index (χ0) is 28.0. The number of benzene rings is 1. The molecule has 2 unspecified atom stereocenters. The number of piperazine rings is 2. The minimum absolute atomic E-state index is 0.00272. The molecule has 3 saturated heterocycles. The highest BCUT2D eigenvalue weighted by molar-refractivity contribution is 7.91. The number of anilines is 1. The van der Waals surface area contributed by atoms with Crippen molar-refractivity contribution in [2.75, 3.05) is 50.7 Å². The van der Waals surface area contributed by atoms with Crippen LogP contribution < -0.4 is 9.47 Å². The molecule has 3 aromatic rings. The summed E-state index contributed by atoms with van der Waals surface area (Å²) < 4.78 is 46.3. The van der Waals surface area contributed by atoms with E-state index in [1.165, 1.54) is 23.5 Å². The molecule has 1 amide bonds. The van der Waals surface area contributed by atoms with Gasteiger partial charge in [-0.2, -0.15) is 9.21 Å². The highest BCUT2D eigenvalue weighted by Crippen LogP contribution is 2.32. The highest BCUT2D eigenvalue weighted by Gasteiger charge is 2.45. The topological polar surface area (TPSA) is 85.9 Å². The minimum atomic E-state index is -3.68. The fourth-order valence-electron chi connectivity index (χ4n) is 6.04. The molecule has 0 radical (unpaired) electrons. The molecular formula is C27H35FN7O3S2+. The lowest BCUT2D eigenvalue weighted by atomic mass is 10.1. The summed E-state index contributed by atoms with van der Waals surface area (Å²) in [4.78, 5) is 23.7. The van der Waals surface area contributed by atoms with Gasteiger partial charge in [0.15, 0.2) is 4.21 Å². The van der Waals surface area contributed by atoms with Crippen LogP contribution in [-0.4, -0.2) is 89.8 Å². The van der Waals surface area contributed by atoms with Crippen LogP contribution in [0.5, 0.6) is 0 Å². The van der Waals surface area contributed by atoms with Crippen molar-refractivity contribution < 1.29 is 22.2 Å². The van der Waals surface area contributed by atoms with Gasteiger partial charge >= 0.3 is 11.0 Å². The average Bonchev–Trinajstić information content (AvgIpc) is 3.70. The van der Waals surface area contributed by atoms with E-state index in [9.17, 15) is 17.6 Å². The molecule has 3 aliphatic heterocycles. The first-order chi connectivity index (χ1) is 19.2. The summed E-state index contributed by atoms with van der Waals surface area (Å²) in [6.45, 7) is 7.04. The van der Waals surface area contributed by atoms with Crippen LogP contribution in [0.3, 0.4) is 0 Å². The lowest BCUT2D eigenvalue weighted by Crippen LogP contribution is -2.56. The second kappa shape index (κ2) is 10.9. The number of carbonyl (C=O) groups is 1. The Bertz CT molecular complexity index is 1480. The zero-order valence-corrected chi connectivity index (χ0v) is 24.4. The molecule has 3 aliphatic rings. The smallest absolute Gasteiger partial charge is 0.326 e. The molecular weight excluding hydrogens is 553 g/mol. The van der Waals surface area contributed by atoms with Crippen LogP contribution in [0.4, 0.5) is 9.52 Å². The zero-order valence-electron chi connectivity index (χ0n) is 22.8. The van der Waals surface area contributed by atoms with Crippen molar-refractivity contribution in [1.29, 1.82) is 0 Å². The molecule has 214 valence electrons. The monoisotopic (exact) mass is 588 g/mol. The summed E-state index contributed by atoms with van der Waals surface area (Å²) in [6, 6.07) is 6.41.